The Balaban J connectivity index is 2.27. The fourth-order valence-electron chi connectivity index (χ4n) is 2.99. The smallest absolute Gasteiger partial charge is 0.339 e. The van der Waals surface area contributed by atoms with Crippen LogP contribution in [0.15, 0.2) is 59.5 Å². The molecule has 0 aromatic heterocycles. The summed E-state index contributed by atoms with van der Waals surface area (Å²) in [6.45, 7) is 6.98. The quantitative estimate of drug-likeness (QED) is 0.677. The van der Waals surface area contributed by atoms with Crippen molar-refractivity contribution in [3.05, 3.63) is 65.7 Å². The lowest BCUT2D eigenvalue weighted by atomic mass is 9.93. The zero-order chi connectivity index (χ0) is 19.3. The first kappa shape index (κ1) is 20.2. The van der Waals surface area contributed by atoms with E-state index in [4.69, 9.17) is 4.18 Å². The van der Waals surface area contributed by atoms with E-state index in [1.165, 1.54) is 0 Å². The van der Waals surface area contributed by atoms with E-state index in [2.05, 4.69) is 17.9 Å². The Kier molecular flexibility index (Phi) is 6.62. The molecule has 0 amide bonds. The molecule has 0 spiro atoms. The maximum Gasteiger partial charge on any atom is 0.339 e. The molecule has 0 saturated carbocycles. The monoisotopic (exact) mass is 373 g/mol. The van der Waals surface area contributed by atoms with Crippen LogP contribution in [0.4, 0.5) is 0 Å². The van der Waals surface area contributed by atoms with Crippen LogP contribution in [0.1, 0.15) is 25.0 Å². The maximum absolute atomic E-state index is 12.5. The van der Waals surface area contributed by atoms with Crippen LogP contribution in [-0.4, -0.2) is 34.0 Å². The molecule has 5 heteroatoms. The number of aryl methyl sites for hydroxylation is 1. The summed E-state index contributed by atoms with van der Waals surface area (Å²) in [5.74, 6) is 0.637. The van der Waals surface area contributed by atoms with E-state index in [1.807, 2.05) is 40.1 Å². The largest absolute Gasteiger partial charge is 0.379 e. The van der Waals surface area contributed by atoms with Gasteiger partial charge in [0.15, 0.2) is 0 Å². The van der Waals surface area contributed by atoms with E-state index < -0.39 is 10.1 Å². The Bertz CT molecular complexity index is 868. The summed E-state index contributed by atoms with van der Waals surface area (Å²) in [7, 11) is 0.232. The molecule has 0 aliphatic heterocycles. The van der Waals surface area contributed by atoms with Gasteiger partial charge in [0, 0.05) is 6.54 Å². The Morgan fingerprint density at radius 1 is 1.15 bits per heavy atom. The first-order chi connectivity index (χ1) is 12.2. The molecule has 2 rings (SSSR count). The van der Waals surface area contributed by atoms with Crippen molar-refractivity contribution in [2.45, 2.75) is 25.7 Å². The summed E-state index contributed by atoms with van der Waals surface area (Å²) in [4.78, 5) is 2.29. The molecule has 4 nitrogen and oxygen atoms in total. The summed E-state index contributed by atoms with van der Waals surface area (Å²) in [6.07, 6.45) is 2.07. The summed E-state index contributed by atoms with van der Waals surface area (Å²) in [5, 5.41) is 0. The number of rotatable bonds is 7. The van der Waals surface area contributed by atoms with Gasteiger partial charge in [0.25, 0.3) is 0 Å². The van der Waals surface area contributed by atoms with Crippen molar-refractivity contribution < 1.29 is 12.6 Å². The lowest BCUT2D eigenvalue weighted by Crippen LogP contribution is -2.20. The molecular formula is C21H27NO3S. The van der Waals surface area contributed by atoms with Crippen LogP contribution >= 0.6 is 0 Å². The molecule has 0 unspecified atom stereocenters. The van der Waals surface area contributed by atoms with Gasteiger partial charge in [-0.3, -0.25) is 0 Å². The molecular weight excluding hydrogens is 346 g/mol. The van der Waals surface area contributed by atoms with Gasteiger partial charge in [0.05, 0.1) is 0 Å². The van der Waals surface area contributed by atoms with Gasteiger partial charge in [0.1, 0.15) is 10.6 Å². The summed E-state index contributed by atoms with van der Waals surface area (Å²) < 4.78 is 30.4. The molecule has 0 fully saturated rings. The minimum Gasteiger partial charge on any atom is -0.379 e. The first-order valence-electron chi connectivity index (χ1n) is 8.65. The first-order valence-corrected chi connectivity index (χ1v) is 10.1. The fourth-order valence-corrected chi connectivity index (χ4v) is 3.91. The molecule has 0 radical (unpaired) electrons. The van der Waals surface area contributed by atoms with Crippen molar-refractivity contribution >= 4 is 15.7 Å². The van der Waals surface area contributed by atoms with Gasteiger partial charge in [-0.15, -0.1) is 0 Å². The van der Waals surface area contributed by atoms with Gasteiger partial charge in [0.2, 0.25) is 0 Å². The zero-order valence-corrected chi connectivity index (χ0v) is 16.9. The lowest BCUT2D eigenvalue weighted by molar-refractivity contribution is 0.376. The molecule has 0 aliphatic rings. The van der Waals surface area contributed by atoms with Crippen molar-refractivity contribution in [2.75, 3.05) is 20.6 Å². The van der Waals surface area contributed by atoms with Crippen LogP contribution in [0.2, 0.25) is 0 Å². The molecule has 2 aromatic rings. The van der Waals surface area contributed by atoms with Crippen molar-refractivity contribution in [2.24, 2.45) is 5.92 Å². The third-order valence-corrected chi connectivity index (χ3v) is 5.43. The number of nitrogens with zero attached hydrogens (tertiary/aromatic N) is 1. The molecule has 0 saturated heterocycles. The van der Waals surface area contributed by atoms with E-state index in [0.29, 0.717) is 11.7 Å². The minimum absolute atomic E-state index is 0.153. The number of hydrogen-bond donors (Lipinski definition) is 0. The van der Waals surface area contributed by atoms with Crippen LogP contribution in [0.25, 0.3) is 5.57 Å². The Hall–Kier alpha value is -2.11. The predicted molar refractivity (Wildman–Crippen MR) is 107 cm³/mol. The highest BCUT2D eigenvalue weighted by molar-refractivity contribution is 7.87. The van der Waals surface area contributed by atoms with Crippen molar-refractivity contribution in [3.63, 3.8) is 0 Å². The highest BCUT2D eigenvalue weighted by atomic mass is 32.2. The van der Waals surface area contributed by atoms with Crippen LogP contribution in [-0.2, 0) is 10.1 Å². The average Bonchev–Trinajstić information content (AvgIpc) is 2.55. The van der Waals surface area contributed by atoms with Gasteiger partial charge in [-0.1, -0.05) is 42.8 Å². The lowest BCUT2D eigenvalue weighted by Gasteiger charge is -2.20. The molecule has 0 N–H and O–H groups in total. The second-order valence-electron chi connectivity index (χ2n) is 6.79. The second-order valence-corrected chi connectivity index (χ2v) is 8.33. The van der Waals surface area contributed by atoms with Gasteiger partial charge < -0.3 is 9.08 Å². The van der Waals surface area contributed by atoms with Gasteiger partial charge in [-0.25, -0.2) is 0 Å². The van der Waals surface area contributed by atoms with Gasteiger partial charge >= 0.3 is 10.1 Å². The number of benzene rings is 2. The highest BCUT2D eigenvalue weighted by Crippen LogP contribution is 2.28. The number of hydrogen-bond acceptors (Lipinski definition) is 4. The fraction of sp³-hybridized carbons (Fsp3) is 0.333. The highest BCUT2D eigenvalue weighted by Gasteiger charge is 2.18. The Morgan fingerprint density at radius 2 is 1.81 bits per heavy atom. The molecule has 0 heterocycles. The van der Waals surface area contributed by atoms with Gasteiger partial charge in [-0.2, -0.15) is 8.42 Å². The Labute approximate surface area is 157 Å². The molecule has 1 atom stereocenters. The van der Waals surface area contributed by atoms with Crippen molar-refractivity contribution in [3.8, 4) is 5.75 Å². The van der Waals surface area contributed by atoms with E-state index in [-0.39, 0.29) is 4.90 Å². The van der Waals surface area contributed by atoms with E-state index >= 15 is 0 Å². The molecule has 0 bridgehead atoms. The molecule has 26 heavy (non-hydrogen) atoms. The number of allylic oxidation sites excluding steroid dienone is 1. The van der Waals surface area contributed by atoms with Crippen LogP contribution in [0, 0.1) is 12.8 Å². The van der Waals surface area contributed by atoms with E-state index in [1.54, 1.807) is 36.4 Å². The third-order valence-electron chi connectivity index (χ3n) is 4.16. The third kappa shape index (κ3) is 5.19. The summed E-state index contributed by atoms with van der Waals surface area (Å²) in [6, 6.07) is 13.9. The SMILES string of the molecule is CC=C(c1cccc(OS(=O)(=O)c2ccc(C)cc2)c1)[C@@H](C)CN(C)C. The maximum atomic E-state index is 12.5. The zero-order valence-electron chi connectivity index (χ0n) is 16.1. The summed E-state index contributed by atoms with van der Waals surface area (Å²) in [5.41, 5.74) is 3.13. The van der Waals surface area contributed by atoms with Gasteiger partial charge in [-0.05, 0) is 69.3 Å². The molecule has 140 valence electrons. The second kappa shape index (κ2) is 8.52. The molecule has 0 aliphatic carbocycles. The standard InChI is InChI=1S/C21H27NO3S/c1-6-21(17(3)15-22(4)5)18-8-7-9-19(14-18)25-26(23,24)20-12-10-16(2)11-13-20/h6-14,17H,15H2,1-5H3/t17-/m0/s1. The van der Waals surface area contributed by atoms with Crippen molar-refractivity contribution in [1.29, 1.82) is 0 Å². The molecule has 2 aromatic carbocycles. The predicted octanol–water partition coefficient (Wildman–Crippen LogP) is 4.36. The minimum atomic E-state index is -3.85. The summed E-state index contributed by atoms with van der Waals surface area (Å²) >= 11 is 0. The normalized spacial score (nSPS) is 13.7. The van der Waals surface area contributed by atoms with Crippen LogP contribution in [0.3, 0.4) is 0 Å². The van der Waals surface area contributed by atoms with E-state index in [0.717, 1.165) is 23.2 Å². The van der Waals surface area contributed by atoms with E-state index in [9.17, 15) is 8.42 Å². The van der Waals surface area contributed by atoms with Crippen molar-refractivity contribution in [1.82, 2.24) is 4.90 Å². The topological polar surface area (TPSA) is 46.6 Å². The average molecular weight is 374 g/mol. The van der Waals surface area contributed by atoms with Crippen LogP contribution in [0.5, 0.6) is 5.75 Å². The van der Waals surface area contributed by atoms with Crippen LogP contribution < -0.4 is 4.18 Å². The Morgan fingerprint density at radius 3 is 2.38 bits per heavy atom.